The van der Waals surface area contributed by atoms with E-state index in [1.165, 1.54) is 26.8 Å². The molecule has 8 heteroatoms. The number of rotatable bonds is 12. The fourth-order valence-corrected chi connectivity index (χ4v) is 18.2. The number of benzene rings is 4. The highest BCUT2D eigenvalue weighted by molar-refractivity contribution is 7.93. The van der Waals surface area contributed by atoms with Crippen molar-refractivity contribution in [3.63, 3.8) is 0 Å². The fraction of sp³-hybridized carbons (Fsp3) is 0.480. The van der Waals surface area contributed by atoms with E-state index in [9.17, 15) is 0 Å². The summed E-state index contributed by atoms with van der Waals surface area (Å²) in [4.78, 5) is 0.821. The summed E-state index contributed by atoms with van der Waals surface area (Å²) in [5, 5.41) is 3.64. The van der Waals surface area contributed by atoms with Crippen LogP contribution in [-0.4, -0.2) is 43.8 Å². The number of aryl methyl sites for hydroxylation is 1. The molecule has 0 N–H and O–H groups in total. The third kappa shape index (κ3) is 7.66. The molecule has 1 fully saturated rings. The van der Waals surface area contributed by atoms with Gasteiger partial charge in [-0.3, -0.25) is 0 Å². The van der Waals surface area contributed by atoms with Crippen LogP contribution in [0.4, 0.5) is 0 Å². The van der Waals surface area contributed by atoms with Gasteiger partial charge < -0.3 is 13.4 Å². The summed E-state index contributed by atoms with van der Waals surface area (Å²) in [6, 6.07) is 39.3. The minimum absolute atomic E-state index is 0.0660. The lowest BCUT2D eigenvalue weighted by Crippen LogP contribution is -2.68. The molecular weight excluding hydrogens is 765 g/mol. The molecule has 4 aromatic carbocycles. The summed E-state index contributed by atoms with van der Waals surface area (Å²) in [7, 11) is -8.07. The SMILES string of the molecule is Cc1ccc([S@@](=O)(C[C@]23CCCC[C@H]2[C@@H](O[Si](c2ccccc2)(c2ccccc2)C(C)(C)C)c2cccc4ccn3c24)=N[C@H](CO[Si](C)(C)C(C)(C)C)C(C)C)cc1. The maximum atomic E-state index is 16.5. The Morgan fingerprint density at radius 2 is 1.43 bits per heavy atom. The number of para-hydroxylation sites is 1. The summed E-state index contributed by atoms with van der Waals surface area (Å²) in [6.45, 7) is 25.6. The van der Waals surface area contributed by atoms with Crippen LogP contribution in [0.2, 0.25) is 23.2 Å². The Morgan fingerprint density at radius 3 is 2.00 bits per heavy atom. The van der Waals surface area contributed by atoms with Crippen LogP contribution in [0.25, 0.3) is 10.9 Å². The Balaban J connectivity index is 1.45. The Labute approximate surface area is 352 Å². The minimum atomic E-state index is -2.99. The van der Waals surface area contributed by atoms with Gasteiger partial charge >= 0.3 is 0 Å². The summed E-state index contributed by atoms with van der Waals surface area (Å²) in [5.41, 5.74) is 3.13. The minimum Gasteiger partial charge on any atom is -0.415 e. The van der Waals surface area contributed by atoms with Crippen LogP contribution in [0.1, 0.15) is 98.3 Å². The molecule has 0 unspecified atom stereocenters. The molecule has 0 bridgehead atoms. The summed E-state index contributed by atoms with van der Waals surface area (Å²) < 4.78 is 39.8. The molecule has 5 atom stereocenters. The average molecular weight is 833 g/mol. The molecule has 2 heterocycles. The summed E-state index contributed by atoms with van der Waals surface area (Å²) in [6.07, 6.45) is 6.17. The first-order valence-electron chi connectivity index (χ1n) is 21.7. The summed E-state index contributed by atoms with van der Waals surface area (Å²) in [5.74, 6) is 0.665. The molecule has 0 radical (unpaired) electrons. The standard InChI is InChI=1S/C50H68N2O3SSi2/c1-37(2)45(35-54-57(10,11)48(4,5)6)51-56(53,40-30-28-38(3)29-31-40)36-50-33-19-18-27-44(50)47(43-26-20-21-39-32-34-52(50)46(39)43)55-58(49(7,8)9,41-22-14-12-15-23-41)42-24-16-13-17-25-42/h12-17,20-26,28-32,34,37,44-45,47H,18-19,27,33,35-36H2,1-11H3/t44-,45+,47-,50+,56-/m0/s1. The molecule has 58 heavy (non-hydrogen) atoms. The molecule has 1 aliphatic carbocycles. The molecule has 310 valence electrons. The Hall–Kier alpha value is -3.28. The van der Waals surface area contributed by atoms with Crippen LogP contribution in [-0.2, 0) is 24.1 Å². The smallest absolute Gasteiger partial charge is 0.261 e. The molecule has 0 amide bonds. The molecule has 0 saturated heterocycles. The highest BCUT2D eigenvalue weighted by atomic mass is 32.2. The van der Waals surface area contributed by atoms with E-state index in [-0.39, 0.29) is 34.1 Å². The molecule has 7 rings (SSSR count). The Morgan fingerprint density at radius 1 is 0.810 bits per heavy atom. The average Bonchev–Trinajstić information content (AvgIpc) is 3.63. The van der Waals surface area contributed by atoms with Crippen molar-refractivity contribution in [1.29, 1.82) is 0 Å². The lowest BCUT2D eigenvalue weighted by atomic mass is 9.67. The third-order valence-corrected chi connectivity index (χ3v) is 26.0. The Kier molecular flexibility index (Phi) is 11.8. The highest BCUT2D eigenvalue weighted by Gasteiger charge is 2.58. The van der Waals surface area contributed by atoms with Crippen molar-refractivity contribution < 1.29 is 13.1 Å². The van der Waals surface area contributed by atoms with E-state index < -0.39 is 31.9 Å². The molecule has 0 spiro atoms. The van der Waals surface area contributed by atoms with Gasteiger partial charge in [0.15, 0.2) is 8.32 Å². The van der Waals surface area contributed by atoms with Crippen LogP contribution < -0.4 is 10.4 Å². The van der Waals surface area contributed by atoms with Crippen LogP contribution in [0.3, 0.4) is 0 Å². The molecule has 2 aliphatic rings. The predicted octanol–water partition coefficient (Wildman–Crippen LogP) is 12.0. The lowest BCUT2D eigenvalue weighted by Gasteiger charge is -2.55. The highest BCUT2D eigenvalue weighted by Crippen LogP contribution is 2.56. The molecule has 5 nitrogen and oxygen atoms in total. The number of nitrogens with zero attached hydrogens (tertiary/aromatic N) is 2. The second-order valence-electron chi connectivity index (χ2n) is 20.2. The van der Waals surface area contributed by atoms with E-state index in [1.54, 1.807) is 0 Å². The molecule has 1 saturated carbocycles. The zero-order valence-electron chi connectivity index (χ0n) is 37.0. The first-order chi connectivity index (χ1) is 27.3. The first-order valence-corrected chi connectivity index (χ1v) is 28.2. The van der Waals surface area contributed by atoms with Crippen molar-refractivity contribution in [3.05, 3.63) is 127 Å². The van der Waals surface area contributed by atoms with Crippen LogP contribution >= 0.6 is 0 Å². The first kappa shape index (κ1) is 42.8. The van der Waals surface area contributed by atoms with Gasteiger partial charge in [-0.15, -0.1) is 0 Å². The zero-order chi connectivity index (χ0) is 41.7. The number of aromatic nitrogens is 1. The van der Waals surface area contributed by atoms with Gasteiger partial charge in [-0.05, 0) is 82.8 Å². The van der Waals surface area contributed by atoms with Gasteiger partial charge in [-0.25, -0.2) is 8.57 Å². The van der Waals surface area contributed by atoms with Crippen molar-refractivity contribution in [1.82, 2.24) is 4.57 Å². The summed E-state index contributed by atoms with van der Waals surface area (Å²) >= 11 is 0. The van der Waals surface area contributed by atoms with E-state index in [0.29, 0.717) is 12.4 Å². The third-order valence-electron chi connectivity index (χ3n) is 14.0. The lowest BCUT2D eigenvalue weighted by molar-refractivity contribution is 0.00623. The largest absolute Gasteiger partial charge is 0.415 e. The topological polar surface area (TPSA) is 52.8 Å². The second kappa shape index (κ2) is 16.0. The van der Waals surface area contributed by atoms with Gasteiger partial charge in [0.25, 0.3) is 8.32 Å². The normalized spacial score (nSPS) is 21.7. The van der Waals surface area contributed by atoms with Crippen molar-refractivity contribution >= 4 is 47.6 Å². The Bertz CT molecular complexity index is 2280. The molecule has 5 aromatic rings. The predicted molar refractivity (Wildman–Crippen MR) is 250 cm³/mol. The quantitative estimate of drug-likeness (QED) is 0.118. The van der Waals surface area contributed by atoms with Crippen LogP contribution in [0.5, 0.6) is 0 Å². The van der Waals surface area contributed by atoms with Gasteiger partial charge in [0, 0.05) is 22.6 Å². The second-order valence-corrected chi connectivity index (χ2v) is 31.5. The van der Waals surface area contributed by atoms with Gasteiger partial charge in [-0.1, -0.05) is 165 Å². The van der Waals surface area contributed by atoms with Gasteiger partial charge in [0.2, 0.25) is 0 Å². The number of fused-ring (bicyclic) bond motifs is 2. The van der Waals surface area contributed by atoms with Crippen LogP contribution in [0, 0.1) is 18.8 Å². The van der Waals surface area contributed by atoms with E-state index in [4.69, 9.17) is 13.2 Å². The van der Waals surface area contributed by atoms with Crippen molar-refractivity contribution in [2.75, 3.05) is 12.4 Å². The monoisotopic (exact) mass is 832 g/mol. The van der Waals surface area contributed by atoms with Crippen LogP contribution in [0.15, 0.2) is 125 Å². The van der Waals surface area contributed by atoms with Crippen molar-refractivity contribution in [2.45, 2.75) is 134 Å². The zero-order valence-corrected chi connectivity index (χ0v) is 39.9. The van der Waals surface area contributed by atoms with E-state index in [1.807, 2.05) is 0 Å². The van der Waals surface area contributed by atoms with Crippen molar-refractivity contribution in [3.8, 4) is 0 Å². The van der Waals surface area contributed by atoms with E-state index >= 15 is 4.21 Å². The number of hydrogen-bond acceptors (Lipinski definition) is 4. The van der Waals surface area contributed by atoms with E-state index in [2.05, 4.69) is 195 Å². The van der Waals surface area contributed by atoms with E-state index in [0.717, 1.165) is 36.1 Å². The van der Waals surface area contributed by atoms with Gasteiger partial charge in [0.05, 0.1) is 45.3 Å². The molecule has 1 aromatic heterocycles. The molecular formula is C50H68N2O3SSi2. The van der Waals surface area contributed by atoms with Crippen molar-refractivity contribution in [2.24, 2.45) is 16.2 Å². The molecule has 1 aliphatic heterocycles. The number of hydrogen-bond donors (Lipinski definition) is 0. The maximum Gasteiger partial charge on any atom is 0.261 e. The fourth-order valence-electron chi connectivity index (χ4n) is 9.64. The maximum absolute atomic E-state index is 16.5. The van der Waals surface area contributed by atoms with Gasteiger partial charge in [-0.2, -0.15) is 0 Å². The van der Waals surface area contributed by atoms with Gasteiger partial charge in [0.1, 0.15) is 0 Å².